The van der Waals surface area contributed by atoms with E-state index in [2.05, 4.69) is 5.32 Å². The van der Waals surface area contributed by atoms with Crippen LogP contribution in [-0.2, 0) is 0 Å². The summed E-state index contributed by atoms with van der Waals surface area (Å²) >= 11 is 0. The third-order valence-electron chi connectivity index (χ3n) is 4.16. The van der Waals surface area contributed by atoms with Gasteiger partial charge < -0.3 is 10.2 Å². The molecule has 1 heterocycles. The van der Waals surface area contributed by atoms with Crippen LogP contribution in [0.25, 0.3) is 0 Å². The first-order chi connectivity index (χ1) is 8.70. The molecule has 1 saturated heterocycles. The van der Waals surface area contributed by atoms with Gasteiger partial charge in [0.05, 0.1) is 11.3 Å². The van der Waals surface area contributed by atoms with Gasteiger partial charge in [-0.15, -0.1) is 0 Å². The van der Waals surface area contributed by atoms with Crippen molar-refractivity contribution in [1.29, 1.82) is 0 Å². The monoisotopic (exact) mass is 248 g/mol. The molecule has 3 nitrogen and oxygen atoms in total. The second kappa shape index (κ2) is 4.26. The van der Waals surface area contributed by atoms with Crippen LogP contribution in [0.4, 0.5) is 10.1 Å². The van der Waals surface area contributed by atoms with Crippen molar-refractivity contribution in [2.45, 2.75) is 25.3 Å². The number of fused-ring (bicyclic) bond motifs is 2. The van der Waals surface area contributed by atoms with Crippen LogP contribution in [0, 0.1) is 11.7 Å². The molecule has 96 valence electrons. The normalized spacial score (nSPS) is 25.6. The van der Waals surface area contributed by atoms with E-state index in [0.29, 0.717) is 23.2 Å². The zero-order valence-electron chi connectivity index (χ0n) is 10.4. The van der Waals surface area contributed by atoms with Gasteiger partial charge in [0.1, 0.15) is 5.82 Å². The van der Waals surface area contributed by atoms with Crippen molar-refractivity contribution >= 4 is 11.6 Å². The Kier molecular flexibility index (Phi) is 2.73. The Morgan fingerprint density at radius 2 is 2.28 bits per heavy atom. The molecule has 3 rings (SSSR count). The molecule has 2 atom stereocenters. The highest BCUT2D eigenvalue weighted by molar-refractivity contribution is 6.00. The van der Waals surface area contributed by atoms with Gasteiger partial charge in [-0.05, 0) is 37.3 Å². The van der Waals surface area contributed by atoms with Crippen molar-refractivity contribution in [2.24, 2.45) is 5.92 Å². The van der Waals surface area contributed by atoms with Gasteiger partial charge in [-0.25, -0.2) is 4.39 Å². The lowest BCUT2D eigenvalue weighted by molar-refractivity contribution is 0.0704. The van der Waals surface area contributed by atoms with Crippen LogP contribution in [0.2, 0.25) is 0 Å². The van der Waals surface area contributed by atoms with Crippen LogP contribution in [-0.4, -0.2) is 30.4 Å². The number of nitrogens with one attached hydrogen (secondary N) is 1. The van der Waals surface area contributed by atoms with E-state index in [1.807, 2.05) is 4.90 Å². The number of carbonyl (C=O) groups is 1. The summed E-state index contributed by atoms with van der Waals surface area (Å²) < 4.78 is 13.7. The predicted molar refractivity (Wildman–Crippen MR) is 68.1 cm³/mol. The molecule has 1 aliphatic heterocycles. The Bertz CT molecular complexity index is 489. The summed E-state index contributed by atoms with van der Waals surface area (Å²) in [5.41, 5.74) is 0.760. The average molecular weight is 248 g/mol. The lowest BCUT2D eigenvalue weighted by Gasteiger charge is -2.27. The topological polar surface area (TPSA) is 32.3 Å². The molecule has 1 amide bonds. The second-order valence-electron chi connectivity index (χ2n) is 5.20. The number of piperidine rings is 1. The van der Waals surface area contributed by atoms with Crippen molar-refractivity contribution < 1.29 is 9.18 Å². The minimum absolute atomic E-state index is 0.0361. The number of likely N-dealkylation sites (tertiary alicyclic amines) is 1. The molecule has 1 N–H and O–H groups in total. The third kappa shape index (κ3) is 1.67. The van der Waals surface area contributed by atoms with E-state index in [9.17, 15) is 9.18 Å². The van der Waals surface area contributed by atoms with Crippen molar-refractivity contribution in [3.05, 3.63) is 29.6 Å². The van der Waals surface area contributed by atoms with Gasteiger partial charge in [-0.2, -0.15) is 0 Å². The van der Waals surface area contributed by atoms with E-state index < -0.39 is 0 Å². The zero-order chi connectivity index (χ0) is 12.7. The Morgan fingerprint density at radius 3 is 2.89 bits per heavy atom. The maximum atomic E-state index is 13.7. The number of amides is 1. The molecular weight excluding hydrogens is 231 g/mol. The van der Waals surface area contributed by atoms with Gasteiger partial charge in [0.2, 0.25) is 0 Å². The maximum absolute atomic E-state index is 13.7. The first-order valence-electron chi connectivity index (χ1n) is 6.48. The Morgan fingerprint density at radius 1 is 1.44 bits per heavy atom. The fraction of sp³-hybridized carbons (Fsp3) is 0.500. The number of benzene rings is 1. The van der Waals surface area contributed by atoms with E-state index >= 15 is 0 Å². The van der Waals surface area contributed by atoms with Crippen LogP contribution in [0.1, 0.15) is 29.6 Å². The van der Waals surface area contributed by atoms with Crippen molar-refractivity contribution in [1.82, 2.24) is 4.90 Å². The molecule has 4 heteroatoms. The average Bonchev–Trinajstić information content (AvgIpc) is 2.99. The van der Waals surface area contributed by atoms with Crippen LogP contribution in [0.5, 0.6) is 0 Å². The smallest absolute Gasteiger partial charge is 0.256 e. The maximum Gasteiger partial charge on any atom is 0.256 e. The SMILES string of the molecule is CNc1c(F)cccc1C(=O)N1CC2CCC1C2. The number of rotatable bonds is 2. The standard InChI is InChI=1S/C14H17FN2O/c1-16-13-11(3-2-4-12(13)15)14(18)17-8-9-5-6-10(17)7-9/h2-4,9-10,16H,5-8H2,1H3. The first kappa shape index (κ1) is 11.5. The second-order valence-corrected chi connectivity index (χ2v) is 5.20. The Balaban J connectivity index is 1.91. The number of hydrogen-bond donors (Lipinski definition) is 1. The fourth-order valence-corrected chi connectivity index (χ4v) is 3.28. The van der Waals surface area contributed by atoms with E-state index in [1.165, 1.54) is 12.5 Å². The molecule has 0 radical (unpaired) electrons. The molecule has 1 aromatic carbocycles. The van der Waals surface area contributed by atoms with Gasteiger partial charge in [-0.1, -0.05) is 6.07 Å². The number of nitrogens with zero attached hydrogens (tertiary/aromatic N) is 1. The summed E-state index contributed by atoms with van der Waals surface area (Å²) in [7, 11) is 1.64. The molecule has 18 heavy (non-hydrogen) atoms. The summed E-state index contributed by atoms with van der Waals surface area (Å²) in [5, 5.41) is 2.79. The highest BCUT2D eigenvalue weighted by Gasteiger charge is 2.40. The van der Waals surface area contributed by atoms with Crippen LogP contribution in [0.3, 0.4) is 0 Å². The highest BCUT2D eigenvalue weighted by Crippen LogP contribution is 2.38. The minimum atomic E-state index is -0.368. The van der Waals surface area contributed by atoms with E-state index in [1.54, 1.807) is 19.2 Å². The molecule has 1 saturated carbocycles. The van der Waals surface area contributed by atoms with E-state index in [4.69, 9.17) is 0 Å². The third-order valence-corrected chi connectivity index (χ3v) is 4.16. The molecule has 1 aromatic rings. The van der Waals surface area contributed by atoms with Gasteiger partial charge in [-0.3, -0.25) is 4.79 Å². The summed E-state index contributed by atoms with van der Waals surface area (Å²) in [5.74, 6) is 0.254. The molecular formula is C14H17FN2O. The van der Waals surface area contributed by atoms with Gasteiger partial charge >= 0.3 is 0 Å². The number of hydrogen-bond acceptors (Lipinski definition) is 2. The molecule has 0 aromatic heterocycles. The summed E-state index contributed by atoms with van der Waals surface area (Å²) in [4.78, 5) is 14.4. The Hall–Kier alpha value is -1.58. The van der Waals surface area contributed by atoms with Crippen molar-refractivity contribution in [3.63, 3.8) is 0 Å². The van der Waals surface area contributed by atoms with Gasteiger partial charge in [0, 0.05) is 19.6 Å². The summed E-state index contributed by atoms with van der Waals surface area (Å²) in [6.45, 7) is 0.836. The summed E-state index contributed by atoms with van der Waals surface area (Å²) in [6.07, 6.45) is 3.45. The first-order valence-corrected chi connectivity index (χ1v) is 6.48. The summed E-state index contributed by atoms with van der Waals surface area (Å²) in [6, 6.07) is 5.04. The van der Waals surface area contributed by atoms with Crippen molar-refractivity contribution in [3.8, 4) is 0 Å². The van der Waals surface area contributed by atoms with Crippen molar-refractivity contribution in [2.75, 3.05) is 18.9 Å². The lowest BCUT2D eigenvalue weighted by atomic mass is 10.1. The Labute approximate surface area is 106 Å². The molecule has 2 unspecified atom stereocenters. The molecule has 1 aliphatic carbocycles. The lowest BCUT2D eigenvalue weighted by Crippen LogP contribution is -2.38. The highest BCUT2D eigenvalue weighted by atomic mass is 19.1. The fourth-order valence-electron chi connectivity index (χ4n) is 3.28. The molecule has 2 fully saturated rings. The zero-order valence-corrected chi connectivity index (χ0v) is 10.4. The van der Waals surface area contributed by atoms with Crippen LogP contribution in [0.15, 0.2) is 18.2 Å². The molecule has 0 spiro atoms. The van der Waals surface area contributed by atoms with Gasteiger partial charge in [0.15, 0.2) is 0 Å². The largest absolute Gasteiger partial charge is 0.385 e. The number of para-hydroxylation sites is 1. The number of anilines is 1. The minimum Gasteiger partial charge on any atom is -0.385 e. The van der Waals surface area contributed by atoms with Gasteiger partial charge in [0.25, 0.3) is 5.91 Å². The van der Waals surface area contributed by atoms with E-state index in [-0.39, 0.29) is 11.7 Å². The van der Waals surface area contributed by atoms with Crippen LogP contribution < -0.4 is 5.32 Å². The quantitative estimate of drug-likeness (QED) is 0.872. The molecule has 2 bridgehead atoms. The molecule has 2 aliphatic rings. The predicted octanol–water partition coefficient (Wildman–Crippen LogP) is 2.49. The number of halogens is 1. The van der Waals surface area contributed by atoms with Crippen LogP contribution >= 0.6 is 0 Å². The number of carbonyl (C=O) groups excluding carboxylic acids is 1. The van der Waals surface area contributed by atoms with E-state index in [0.717, 1.165) is 19.4 Å².